The number of hydrogen-bond donors (Lipinski definition) is 2. The van der Waals surface area contributed by atoms with E-state index in [4.69, 9.17) is 11.6 Å². The molecule has 1 aliphatic heterocycles. The highest BCUT2D eigenvalue weighted by molar-refractivity contribution is 6.30. The molecule has 3 rings (SSSR count). The summed E-state index contributed by atoms with van der Waals surface area (Å²) in [5.74, 6) is -0.221. The van der Waals surface area contributed by atoms with Gasteiger partial charge < -0.3 is 15.5 Å². The Morgan fingerprint density at radius 1 is 1.19 bits per heavy atom. The molecule has 0 saturated carbocycles. The minimum absolute atomic E-state index is 0.105. The lowest BCUT2D eigenvalue weighted by Gasteiger charge is -2.24. The fourth-order valence-corrected chi connectivity index (χ4v) is 3.29. The minimum Gasteiger partial charge on any atom is -0.388 e. The summed E-state index contributed by atoms with van der Waals surface area (Å²) in [5, 5.41) is 6.62. The maximum Gasteiger partial charge on any atom is 0.254 e. The first-order valence-electron chi connectivity index (χ1n) is 8.69. The van der Waals surface area contributed by atoms with Crippen molar-refractivity contribution in [2.75, 3.05) is 18.9 Å². The highest BCUT2D eigenvalue weighted by atomic mass is 35.5. The average molecular weight is 372 g/mol. The van der Waals surface area contributed by atoms with Gasteiger partial charge in [-0.2, -0.15) is 0 Å². The number of likely N-dealkylation sites (tertiary alicyclic amines) is 1. The van der Waals surface area contributed by atoms with Crippen LogP contribution in [0.5, 0.6) is 0 Å². The number of anilines is 1. The van der Waals surface area contributed by atoms with Gasteiger partial charge in [-0.05, 0) is 48.7 Å². The van der Waals surface area contributed by atoms with E-state index in [0.717, 1.165) is 17.7 Å². The number of halogens is 1. The van der Waals surface area contributed by atoms with Crippen molar-refractivity contribution in [3.05, 3.63) is 64.7 Å². The van der Waals surface area contributed by atoms with Crippen LogP contribution in [0.2, 0.25) is 5.02 Å². The maximum absolute atomic E-state index is 12.8. The van der Waals surface area contributed by atoms with E-state index in [-0.39, 0.29) is 11.8 Å². The molecule has 0 unspecified atom stereocenters. The number of rotatable bonds is 5. The van der Waals surface area contributed by atoms with Crippen molar-refractivity contribution in [1.29, 1.82) is 0 Å². The Kier molecular flexibility index (Phi) is 5.78. The van der Waals surface area contributed by atoms with Crippen LogP contribution in [0.25, 0.3) is 0 Å². The number of amides is 2. The lowest BCUT2D eigenvalue weighted by atomic mass is 10.1. The minimum atomic E-state index is -0.423. The predicted octanol–water partition coefficient (Wildman–Crippen LogP) is 3.30. The average Bonchev–Trinajstić information content (AvgIpc) is 3.16. The second-order valence-corrected chi connectivity index (χ2v) is 6.77. The molecule has 0 aromatic heterocycles. The summed E-state index contributed by atoms with van der Waals surface area (Å²) < 4.78 is 0. The molecule has 2 aromatic rings. The smallest absolute Gasteiger partial charge is 0.254 e. The molecule has 26 heavy (non-hydrogen) atoms. The van der Waals surface area contributed by atoms with Crippen LogP contribution in [0.3, 0.4) is 0 Å². The maximum atomic E-state index is 12.8. The van der Waals surface area contributed by atoms with Crippen LogP contribution in [0.1, 0.15) is 28.8 Å². The fraction of sp³-hybridized carbons (Fsp3) is 0.300. The Morgan fingerprint density at radius 3 is 2.69 bits per heavy atom. The van der Waals surface area contributed by atoms with E-state index < -0.39 is 6.04 Å². The monoisotopic (exact) mass is 371 g/mol. The molecule has 1 fully saturated rings. The summed E-state index contributed by atoms with van der Waals surface area (Å²) >= 11 is 5.88. The van der Waals surface area contributed by atoms with Gasteiger partial charge in [-0.3, -0.25) is 9.59 Å². The van der Waals surface area contributed by atoms with Gasteiger partial charge in [-0.1, -0.05) is 29.8 Å². The third kappa shape index (κ3) is 4.17. The first-order valence-corrected chi connectivity index (χ1v) is 9.07. The van der Waals surface area contributed by atoms with Crippen LogP contribution in [-0.4, -0.2) is 36.3 Å². The highest BCUT2D eigenvalue weighted by Crippen LogP contribution is 2.22. The molecule has 0 radical (unpaired) electrons. The molecule has 1 atom stereocenters. The Morgan fingerprint density at radius 2 is 1.96 bits per heavy atom. The third-order valence-corrected chi connectivity index (χ3v) is 4.85. The molecular weight excluding hydrogens is 350 g/mol. The van der Waals surface area contributed by atoms with E-state index in [1.807, 2.05) is 37.4 Å². The second-order valence-electron chi connectivity index (χ2n) is 6.33. The summed E-state index contributed by atoms with van der Waals surface area (Å²) in [6.07, 6.45) is 1.51. The van der Waals surface area contributed by atoms with Crippen molar-refractivity contribution in [2.45, 2.75) is 25.4 Å². The number of nitrogens with zero attached hydrogens (tertiary/aromatic N) is 1. The lowest BCUT2D eigenvalue weighted by Crippen LogP contribution is -2.45. The van der Waals surface area contributed by atoms with Gasteiger partial charge >= 0.3 is 0 Å². The summed E-state index contributed by atoms with van der Waals surface area (Å²) in [6.45, 7) is 1.02. The summed E-state index contributed by atoms with van der Waals surface area (Å²) in [7, 11) is 1.81. The van der Waals surface area contributed by atoms with Crippen molar-refractivity contribution < 1.29 is 9.59 Å². The Labute approximate surface area is 158 Å². The Balaban J connectivity index is 1.65. The highest BCUT2D eigenvalue weighted by Gasteiger charge is 2.34. The van der Waals surface area contributed by atoms with Crippen LogP contribution in [-0.2, 0) is 11.3 Å². The first kappa shape index (κ1) is 18.3. The van der Waals surface area contributed by atoms with Crippen LogP contribution in [0.15, 0.2) is 48.5 Å². The van der Waals surface area contributed by atoms with E-state index in [1.165, 1.54) is 0 Å². The van der Waals surface area contributed by atoms with Gasteiger partial charge in [0.15, 0.2) is 0 Å². The molecular formula is C20H22ClN3O2. The molecule has 0 aliphatic carbocycles. The van der Waals surface area contributed by atoms with E-state index in [0.29, 0.717) is 30.1 Å². The van der Waals surface area contributed by atoms with Crippen molar-refractivity contribution >= 4 is 29.1 Å². The van der Waals surface area contributed by atoms with Crippen LogP contribution in [0, 0.1) is 0 Å². The van der Waals surface area contributed by atoms with Gasteiger partial charge in [0.25, 0.3) is 5.91 Å². The Bertz CT molecular complexity index is 792. The zero-order valence-electron chi connectivity index (χ0n) is 14.7. The molecule has 0 bridgehead atoms. The van der Waals surface area contributed by atoms with Crippen LogP contribution >= 0.6 is 11.6 Å². The predicted molar refractivity (Wildman–Crippen MR) is 103 cm³/mol. The zero-order chi connectivity index (χ0) is 18.5. The number of hydrogen-bond acceptors (Lipinski definition) is 3. The van der Waals surface area contributed by atoms with Crippen LogP contribution in [0.4, 0.5) is 5.69 Å². The number of benzene rings is 2. The van der Waals surface area contributed by atoms with Crippen molar-refractivity contribution in [2.24, 2.45) is 0 Å². The van der Waals surface area contributed by atoms with Gasteiger partial charge in [-0.25, -0.2) is 0 Å². The molecule has 2 N–H and O–H groups in total. The van der Waals surface area contributed by atoms with Crippen LogP contribution < -0.4 is 10.6 Å². The van der Waals surface area contributed by atoms with Crippen molar-refractivity contribution in [3.63, 3.8) is 0 Å². The topological polar surface area (TPSA) is 61.4 Å². The normalized spacial score (nSPS) is 16.4. The fourth-order valence-electron chi connectivity index (χ4n) is 3.17. The van der Waals surface area contributed by atoms with E-state index in [2.05, 4.69) is 10.6 Å². The number of carbonyl (C=O) groups is 2. The molecule has 1 aliphatic rings. The number of carbonyl (C=O) groups excluding carboxylic acids is 2. The molecule has 2 amide bonds. The summed E-state index contributed by atoms with van der Waals surface area (Å²) in [5.41, 5.74) is 2.44. The summed E-state index contributed by atoms with van der Waals surface area (Å²) in [4.78, 5) is 27.1. The second kappa shape index (κ2) is 8.23. The van der Waals surface area contributed by atoms with Crippen molar-refractivity contribution in [3.8, 4) is 0 Å². The molecule has 5 nitrogen and oxygen atoms in total. The van der Waals surface area contributed by atoms with Gasteiger partial charge in [0.1, 0.15) is 6.04 Å². The molecule has 6 heteroatoms. The first-order chi connectivity index (χ1) is 12.6. The lowest BCUT2D eigenvalue weighted by molar-refractivity contribution is -0.125. The molecule has 136 valence electrons. The van der Waals surface area contributed by atoms with E-state index >= 15 is 0 Å². The third-order valence-electron chi connectivity index (χ3n) is 4.59. The van der Waals surface area contributed by atoms with Gasteiger partial charge in [-0.15, -0.1) is 0 Å². The SMILES string of the molecule is CNc1cccc(C(=O)N2CCC[C@H]2C(=O)NCc2ccc(Cl)cc2)c1. The van der Waals surface area contributed by atoms with E-state index in [9.17, 15) is 9.59 Å². The van der Waals surface area contributed by atoms with Gasteiger partial charge in [0.2, 0.25) is 5.91 Å². The quantitative estimate of drug-likeness (QED) is 0.847. The summed E-state index contributed by atoms with van der Waals surface area (Å²) in [6, 6.07) is 14.3. The van der Waals surface area contributed by atoms with Gasteiger partial charge in [0, 0.05) is 36.4 Å². The molecule has 1 saturated heterocycles. The molecule has 0 spiro atoms. The molecule has 2 aromatic carbocycles. The number of nitrogens with one attached hydrogen (secondary N) is 2. The van der Waals surface area contributed by atoms with Gasteiger partial charge in [0.05, 0.1) is 0 Å². The standard InChI is InChI=1S/C20H22ClN3O2/c1-22-17-5-2-4-15(12-17)20(26)24-11-3-6-18(24)19(25)23-13-14-7-9-16(21)10-8-14/h2,4-5,7-10,12,18,22H,3,6,11,13H2,1H3,(H,23,25)/t18-/m0/s1. The van der Waals surface area contributed by atoms with Crippen molar-refractivity contribution in [1.82, 2.24) is 10.2 Å². The largest absolute Gasteiger partial charge is 0.388 e. The van der Waals surface area contributed by atoms with E-state index in [1.54, 1.807) is 23.1 Å². The molecule has 1 heterocycles. The zero-order valence-corrected chi connectivity index (χ0v) is 15.4. The Hall–Kier alpha value is -2.53.